The molecular formula is C12H20N4O. The molecule has 2 N–H and O–H groups in total. The van der Waals surface area contributed by atoms with Crippen LogP contribution in [-0.4, -0.2) is 34.8 Å². The summed E-state index contributed by atoms with van der Waals surface area (Å²) in [5, 5.41) is 10.6. The average Bonchev–Trinajstić information content (AvgIpc) is 2.63. The van der Waals surface area contributed by atoms with Gasteiger partial charge in [-0.15, -0.1) is 0 Å². The van der Waals surface area contributed by atoms with E-state index in [9.17, 15) is 4.79 Å². The van der Waals surface area contributed by atoms with Crippen LogP contribution in [-0.2, 0) is 7.05 Å². The molecule has 0 saturated carbocycles. The second kappa shape index (κ2) is 4.87. The van der Waals surface area contributed by atoms with Crippen molar-refractivity contribution in [3.63, 3.8) is 0 Å². The van der Waals surface area contributed by atoms with Crippen molar-refractivity contribution in [1.82, 2.24) is 20.4 Å². The predicted octanol–water partition coefficient (Wildman–Crippen LogP) is 0.456. The molecule has 1 aliphatic heterocycles. The Morgan fingerprint density at radius 1 is 1.65 bits per heavy atom. The molecule has 1 aliphatic rings. The second-order valence-electron chi connectivity index (χ2n) is 4.84. The van der Waals surface area contributed by atoms with Gasteiger partial charge in [0, 0.05) is 18.8 Å². The quantitative estimate of drug-likeness (QED) is 0.784. The van der Waals surface area contributed by atoms with Crippen LogP contribution in [0.15, 0.2) is 6.07 Å². The summed E-state index contributed by atoms with van der Waals surface area (Å²) in [5.74, 6) is 0.407. The van der Waals surface area contributed by atoms with E-state index in [1.165, 1.54) is 0 Å². The lowest BCUT2D eigenvalue weighted by Gasteiger charge is -2.29. The first-order valence-electron chi connectivity index (χ1n) is 6.10. The molecule has 17 heavy (non-hydrogen) atoms. The Balaban J connectivity index is 2.01. The minimum atomic E-state index is -0.0625. The van der Waals surface area contributed by atoms with E-state index in [0.717, 1.165) is 25.2 Å². The summed E-state index contributed by atoms with van der Waals surface area (Å²) in [6, 6.07) is 2.08. The van der Waals surface area contributed by atoms with Crippen molar-refractivity contribution in [2.24, 2.45) is 13.0 Å². The number of amides is 1. The molecule has 1 aromatic rings. The van der Waals surface area contributed by atoms with E-state index in [4.69, 9.17) is 0 Å². The number of rotatable bonds is 2. The van der Waals surface area contributed by atoms with Crippen LogP contribution < -0.4 is 10.6 Å². The Hall–Kier alpha value is -1.36. The van der Waals surface area contributed by atoms with Gasteiger partial charge >= 0.3 is 0 Å². The standard InChI is InChI=1S/C12H20N4O/c1-8-7-13-5-4-10(8)14-12(17)11-6-9(2)16(3)15-11/h6,8,10,13H,4-5,7H2,1-3H3,(H,14,17). The Kier molecular flexibility index (Phi) is 3.47. The van der Waals surface area contributed by atoms with Crippen LogP contribution in [0.25, 0.3) is 0 Å². The maximum absolute atomic E-state index is 12.0. The van der Waals surface area contributed by atoms with Crippen LogP contribution in [0.5, 0.6) is 0 Å². The molecule has 2 heterocycles. The first-order valence-corrected chi connectivity index (χ1v) is 6.10. The molecule has 0 aromatic carbocycles. The molecule has 5 nitrogen and oxygen atoms in total. The largest absolute Gasteiger partial charge is 0.348 e. The third kappa shape index (κ3) is 2.66. The number of hydrogen-bond acceptors (Lipinski definition) is 3. The van der Waals surface area contributed by atoms with E-state index < -0.39 is 0 Å². The molecule has 1 aromatic heterocycles. The predicted molar refractivity (Wildman–Crippen MR) is 65.8 cm³/mol. The molecule has 2 atom stereocenters. The van der Waals surface area contributed by atoms with Gasteiger partial charge in [0.25, 0.3) is 5.91 Å². The van der Waals surface area contributed by atoms with Crippen LogP contribution in [0, 0.1) is 12.8 Å². The number of hydrogen-bond donors (Lipinski definition) is 2. The van der Waals surface area contributed by atoms with Gasteiger partial charge < -0.3 is 10.6 Å². The van der Waals surface area contributed by atoms with Crippen LogP contribution in [0.1, 0.15) is 29.5 Å². The fourth-order valence-corrected chi connectivity index (χ4v) is 2.14. The molecule has 0 radical (unpaired) electrons. The van der Waals surface area contributed by atoms with Crippen molar-refractivity contribution in [3.05, 3.63) is 17.5 Å². The summed E-state index contributed by atoms with van der Waals surface area (Å²) in [7, 11) is 1.85. The van der Waals surface area contributed by atoms with Gasteiger partial charge in [-0.3, -0.25) is 9.48 Å². The molecule has 1 amide bonds. The van der Waals surface area contributed by atoms with Crippen molar-refractivity contribution in [1.29, 1.82) is 0 Å². The lowest BCUT2D eigenvalue weighted by Crippen LogP contribution is -2.48. The van der Waals surface area contributed by atoms with E-state index in [-0.39, 0.29) is 11.9 Å². The SMILES string of the molecule is Cc1cc(C(=O)NC2CCNCC2C)nn1C. The normalized spacial score (nSPS) is 24.6. The summed E-state index contributed by atoms with van der Waals surface area (Å²) in [6.45, 7) is 6.03. The number of carbonyl (C=O) groups excluding carboxylic acids is 1. The highest BCUT2D eigenvalue weighted by Gasteiger charge is 2.23. The van der Waals surface area contributed by atoms with Crippen molar-refractivity contribution in [2.75, 3.05) is 13.1 Å². The summed E-state index contributed by atoms with van der Waals surface area (Å²) >= 11 is 0. The molecule has 0 aliphatic carbocycles. The van der Waals surface area contributed by atoms with Crippen molar-refractivity contribution < 1.29 is 4.79 Å². The Labute approximate surface area is 102 Å². The van der Waals surface area contributed by atoms with Gasteiger partial charge in [0.1, 0.15) is 5.69 Å². The molecule has 0 spiro atoms. The van der Waals surface area contributed by atoms with E-state index in [2.05, 4.69) is 22.7 Å². The first-order chi connectivity index (χ1) is 8.08. The monoisotopic (exact) mass is 236 g/mol. The molecule has 2 rings (SSSR count). The fourth-order valence-electron chi connectivity index (χ4n) is 2.14. The fraction of sp³-hybridized carbons (Fsp3) is 0.667. The van der Waals surface area contributed by atoms with Crippen LogP contribution in [0.3, 0.4) is 0 Å². The van der Waals surface area contributed by atoms with Gasteiger partial charge in [-0.2, -0.15) is 5.10 Å². The smallest absolute Gasteiger partial charge is 0.272 e. The van der Waals surface area contributed by atoms with Gasteiger partial charge in [-0.1, -0.05) is 6.92 Å². The average molecular weight is 236 g/mol. The number of nitrogens with zero attached hydrogens (tertiary/aromatic N) is 2. The van der Waals surface area contributed by atoms with Gasteiger partial charge in [-0.25, -0.2) is 0 Å². The number of aryl methyl sites for hydroxylation is 2. The summed E-state index contributed by atoms with van der Waals surface area (Å²) in [6.07, 6.45) is 0.985. The number of piperidine rings is 1. The second-order valence-corrected chi connectivity index (χ2v) is 4.84. The number of aromatic nitrogens is 2. The lowest BCUT2D eigenvalue weighted by atomic mass is 9.95. The van der Waals surface area contributed by atoms with Crippen molar-refractivity contribution in [2.45, 2.75) is 26.3 Å². The van der Waals surface area contributed by atoms with E-state index in [1.54, 1.807) is 4.68 Å². The molecule has 5 heteroatoms. The highest BCUT2D eigenvalue weighted by molar-refractivity contribution is 5.92. The topological polar surface area (TPSA) is 59.0 Å². The third-order valence-corrected chi connectivity index (χ3v) is 3.45. The number of nitrogens with one attached hydrogen (secondary N) is 2. The summed E-state index contributed by atoms with van der Waals surface area (Å²) in [4.78, 5) is 12.0. The van der Waals surface area contributed by atoms with E-state index in [0.29, 0.717) is 11.6 Å². The first kappa shape index (κ1) is 12.1. The van der Waals surface area contributed by atoms with Crippen LogP contribution >= 0.6 is 0 Å². The summed E-state index contributed by atoms with van der Waals surface area (Å²) in [5.41, 5.74) is 1.50. The highest BCUT2D eigenvalue weighted by atomic mass is 16.2. The Morgan fingerprint density at radius 2 is 2.41 bits per heavy atom. The van der Waals surface area contributed by atoms with Crippen LogP contribution in [0.2, 0.25) is 0 Å². The van der Waals surface area contributed by atoms with Gasteiger partial charge in [-0.05, 0) is 38.4 Å². The van der Waals surface area contributed by atoms with E-state index in [1.807, 2.05) is 20.0 Å². The zero-order valence-electron chi connectivity index (χ0n) is 10.7. The lowest BCUT2D eigenvalue weighted by molar-refractivity contribution is 0.0908. The molecule has 1 saturated heterocycles. The maximum atomic E-state index is 12.0. The summed E-state index contributed by atoms with van der Waals surface area (Å²) < 4.78 is 1.72. The number of carbonyl (C=O) groups is 1. The Bertz CT molecular complexity index is 393. The zero-order chi connectivity index (χ0) is 12.4. The van der Waals surface area contributed by atoms with Crippen molar-refractivity contribution in [3.8, 4) is 0 Å². The maximum Gasteiger partial charge on any atom is 0.272 e. The van der Waals surface area contributed by atoms with Gasteiger partial charge in [0.15, 0.2) is 0 Å². The molecule has 0 bridgehead atoms. The minimum absolute atomic E-state index is 0.0625. The minimum Gasteiger partial charge on any atom is -0.348 e. The molecule has 94 valence electrons. The Morgan fingerprint density at radius 3 is 3.00 bits per heavy atom. The van der Waals surface area contributed by atoms with E-state index >= 15 is 0 Å². The van der Waals surface area contributed by atoms with Crippen molar-refractivity contribution >= 4 is 5.91 Å². The molecule has 1 fully saturated rings. The zero-order valence-corrected chi connectivity index (χ0v) is 10.7. The van der Waals surface area contributed by atoms with Crippen LogP contribution in [0.4, 0.5) is 0 Å². The van der Waals surface area contributed by atoms with Gasteiger partial charge in [0.05, 0.1) is 0 Å². The molecule has 2 unspecified atom stereocenters. The molecular weight excluding hydrogens is 216 g/mol. The highest BCUT2D eigenvalue weighted by Crippen LogP contribution is 2.11. The van der Waals surface area contributed by atoms with Gasteiger partial charge in [0.2, 0.25) is 0 Å². The third-order valence-electron chi connectivity index (χ3n) is 3.45.